The van der Waals surface area contributed by atoms with Crippen LogP contribution in [-0.2, 0) is 16.2 Å². The van der Waals surface area contributed by atoms with Crippen LogP contribution in [0.4, 0.5) is 5.69 Å². The fraction of sp³-hybridized carbons (Fsp3) is 0.591. The lowest BCUT2D eigenvalue weighted by Gasteiger charge is -2.33. The van der Waals surface area contributed by atoms with E-state index in [4.69, 9.17) is 4.84 Å². The van der Waals surface area contributed by atoms with Crippen LogP contribution < -0.4 is 16.1 Å². The highest BCUT2D eigenvalue weighted by atomic mass is 16.7. The molecule has 0 radical (unpaired) electrons. The summed E-state index contributed by atoms with van der Waals surface area (Å²) in [4.78, 5) is 22.7. The van der Waals surface area contributed by atoms with Gasteiger partial charge in [0.15, 0.2) is 5.65 Å². The number of aliphatic hydroxyl groups excluding tert-OH is 1. The van der Waals surface area contributed by atoms with E-state index < -0.39 is 5.60 Å². The van der Waals surface area contributed by atoms with Gasteiger partial charge in [-0.05, 0) is 51.5 Å². The van der Waals surface area contributed by atoms with Gasteiger partial charge in [-0.25, -0.2) is 9.67 Å². The fourth-order valence-corrected chi connectivity index (χ4v) is 4.96. The molecule has 3 heterocycles. The van der Waals surface area contributed by atoms with Crippen molar-refractivity contribution in [2.24, 2.45) is 5.92 Å². The zero-order valence-corrected chi connectivity index (χ0v) is 18.0. The molecule has 2 aromatic rings. The number of pyridine rings is 1. The summed E-state index contributed by atoms with van der Waals surface area (Å²) in [6.45, 7) is 2.79. The predicted molar refractivity (Wildman–Crippen MR) is 117 cm³/mol. The molecule has 3 aliphatic rings. The molecule has 5 rings (SSSR count). The number of fused-ring (bicyclic) bond motifs is 1. The first kappa shape index (κ1) is 20.3. The molecule has 0 bridgehead atoms. The summed E-state index contributed by atoms with van der Waals surface area (Å²) in [6, 6.07) is 0.226. The zero-order valence-electron chi connectivity index (χ0n) is 18.0. The van der Waals surface area contributed by atoms with Crippen LogP contribution in [0.2, 0.25) is 0 Å². The van der Waals surface area contributed by atoms with E-state index >= 15 is 0 Å². The second kappa shape index (κ2) is 7.80. The standard InChI is InChI=1S/C22H30N6O3/c1-3-28-20-17(12-25-28)19(26-14-8-15(29)9-14)16(11-24-20)18-10-22(31-27-18)6-4-13(5-7-22)21(30)23-2/h10-15,27,29H,3-9H2,1-2H3,(H,23,30)(H,24,26). The normalized spacial score (nSPS) is 30.0. The number of aryl methyl sites for hydroxylation is 1. The number of carbonyl (C=O) groups excluding carboxylic acids is 1. The molecule has 2 saturated carbocycles. The molecular formula is C22H30N6O3. The Morgan fingerprint density at radius 3 is 2.81 bits per heavy atom. The highest BCUT2D eigenvalue weighted by molar-refractivity contribution is 5.96. The molecule has 31 heavy (non-hydrogen) atoms. The van der Waals surface area contributed by atoms with Gasteiger partial charge in [0.2, 0.25) is 5.91 Å². The number of anilines is 1. The van der Waals surface area contributed by atoms with Crippen molar-refractivity contribution in [3.63, 3.8) is 0 Å². The van der Waals surface area contributed by atoms with Crippen LogP contribution >= 0.6 is 0 Å². The van der Waals surface area contributed by atoms with Crippen LogP contribution in [0.3, 0.4) is 0 Å². The first-order valence-electron chi connectivity index (χ1n) is 11.2. The first-order valence-corrected chi connectivity index (χ1v) is 11.2. The predicted octanol–water partition coefficient (Wildman–Crippen LogP) is 1.94. The van der Waals surface area contributed by atoms with Gasteiger partial charge < -0.3 is 15.7 Å². The number of hydroxylamine groups is 1. The number of aliphatic hydroxyl groups is 1. The quantitative estimate of drug-likeness (QED) is 0.578. The van der Waals surface area contributed by atoms with Gasteiger partial charge in [-0.15, -0.1) is 0 Å². The van der Waals surface area contributed by atoms with E-state index in [1.165, 1.54) is 0 Å². The zero-order chi connectivity index (χ0) is 21.6. The Morgan fingerprint density at radius 2 is 2.13 bits per heavy atom. The average Bonchev–Trinajstić information content (AvgIpc) is 3.37. The molecule has 0 aromatic carbocycles. The van der Waals surface area contributed by atoms with E-state index in [0.29, 0.717) is 0 Å². The summed E-state index contributed by atoms with van der Waals surface area (Å²) >= 11 is 0. The Kier molecular flexibility index (Phi) is 5.10. The van der Waals surface area contributed by atoms with E-state index in [-0.39, 0.29) is 24.0 Å². The SMILES string of the molecule is CCn1ncc2c(NC3CC(O)C3)c(C3=CC4(CCC(C(=O)NC)CC4)ON3)cnc21. The average molecular weight is 427 g/mol. The van der Waals surface area contributed by atoms with E-state index in [2.05, 4.69) is 32.3 Å². The van der Waals surface area contributed by atoms with Crippen molar-refractivity contribution >= 4 is 28.3 Å². The van der Waals surface area contributed by atoms with Crippen LogP contribution in [0.15, 0.2) is 18.5 Å². The van der Waals surface area contributed by atoms with Crippen molar-refractivity contribution in [2.45, 2.75) is 69.7 Å². The summed E-state index contributed by atoms with van der Waals surface area (Å²) < 4.78 is 1.88. The summed E-state index contributed by atoms with van der Waals surface area (Å²) in [5.41, 5.74) is 6.38. The van der Waals surface area contributed by atoms with Crippen molar-refractivity contribution in [1.82, 2.24) is 25.6 Å². The van der Waals surface area contributed by atoms with Crippen molar-refractivity contribution < 1.29 is 14.7 Å². The molecule has 9 heteroatoms. The maximum Gasteiger partial charge on any atom is 0.222 e. The highest BCUT2D eigenvalue weighted by Crippen LogP contribution is 2.42. The minimum absolute atomic E-state index is 0.0526. The van der Waals surface area contributed by atoms with Crippen molar-refractivity contribution in [2.75, 3.05) is 12.4 Å². The van der Waals surface area contributed by atoms with Crippen molar-refractivity contribution in [3.8, 4) is 0 Å². The van der Waals surface area contributed by atoms with Crippen LogP contribution in [-0.4, -0.2) is 50.6 Å². The number of hydrogen-bond donors (Lipinski definition) is 4. The largest absolute Gasteiger partial charge is 0.393 e. The second-order valence-electron chi connectivity index (χ2n) is 8.93. The molecule has 2 fully saturated rings. The molecule has 4 N–H and O–H groups in total. The Bertz CT molecular complexity index is 1020. The molecule has 1 spiro atoms. The van der Waals surface area contributed by atoms with Gasteiger partial charge in [-0.3, -0.25) is 15.1 Å². The molecule has 0 unspecified atom stereocenters. The van der Waals surface area contributed by atoms with Crippen LogP contribution in [0.5, 0.6) is 0 Å². The number of nitrogens with one attached hydrogen (secondary N) is 3. The minimum Gasteiger partial charge on any atom is -0.393 e. The van der Waals surface area contributed by atoms with E-state index in [1.807, 2.05) is 24.0 Å². The summed E-state index contributed by atoms with van der Waals surface area (Å²) in [5, 5.41) is 21.6. The van der Waals surface area contributed by atoms with E-state index in [1.54, 1.807) is 7.05 Å². The minimum atomic E-state index is -0.396. The Hall–Kier alpha value is -2.65. The lowest BCUT2D eigenvalue weighted by Crippen LogP contribution is -2.39. The van der Waals surface area contributed by atoms with Gasteiger partial charge in [-0.2, -0.15) is 5.10 Å². The summed E-state index contributed by atoms with van der Waals surface area (Å²) in [7, 11) is 1.69. The number of hydrogen-bond acceptors (Lipinski definition) is 7. The molecule has 2 aromatic heterocycles. The van der Waals surface area contributed by atoms with Gasteiger partial charge in [0.25, 0.3) is 0 Å². The number of rotatable bonds is 5. The van der Waals surface area contributed by atoms with E-state index in [0.717, 1.165) is 73.1 Å². The molecule has 1 aliphatic heterocycles. The molecule has 2 aliphatic carbocycles. The fourth-order valence-electron chi connectivity index (χ4n) is 4.96. The lowest BCUT2D eigenvalue weighted by molar-refractivity contribution is -0.128. The Labute approximate surface area is 181 Å². The Balaban J connectivity index is 1.45. The van der Waals surface area contributed by atoms with Gasteiger partial charge in [0.05, 0.1) is 29.1 Å². The summed E-state index contributed by atoms with van der Waals surface area (Å²) in [6.07, 6.45) is 10.3. The van der Waals surface area contributed by atoms with Gasteiger partial charge >= 0.3 is 0 Å². The Morgan fingerprint density at radius 1 is 1.35 bits per heavy atom. The smallest absolute Gasteiger partial charge is 0.222 e. The topological polar surface area (TPSA) is 113 Å². The molecule has 0 saturated heterocycles. The van der Waals surface area contributed by atoms with Crippen molar-refractivity contribution in [1.29, 1.82) is 0 Å². The van der Waals surface area contributed by atoms with E-state index in [9.17, 15) is 9.90 Å². The third-order valence-electron chi connectivity index (χ3n) is 6.94. The van der Waals surface area contributed by atoms with Crippen LogP contribution in [0.1, 0.15) is 51.0 Å². The lowest BCUT2D eigenvalue weighted by atomic mass is 9.78. The third kappa shape index (κ3) is 3.55. The second-order valence-corrected chi connectivity index (χ2v) is 8.93. The number of carbonyl (C=O) groups is 1. The highest BCUT2D eigenvalue weighted by Gasteiger charge is 2.41. The molecule has 9 nitrogen and oxygen atoms in total. The van der Waals surface area contributed by atoms with Gasteiger partial charge in [0, 0.05) is 37.3 Å². The molecule has 0 atom stereocenters. The van der Waals surface area contributed by atoms with Crippen molar-refractivity contribution in [3.05, 3.63) is 24.0 Å². The van der Waals surface area contributed by atoms with Gasteiger partial charge in [-0.1, -0.05) is 0 Å². The van der Waals surface area contributed by atoms with Crippen LogP contribution in [0, 0.1) is 5.92 Å². The molecule has 1 amide bonds. The maximum atomic E-state index is 12.0. The monoisotopic (exact) mass is 426 g/mol. The molecule has 166 valence electrons. The number of aromatic nitrogens is 3. The number of amides is 1. The summed E-state index contributed by atoms with van der Waals surface area (Å²) in [5.74, 6) is 0.165. The van der Waals surface area contributed by atoms with Crippen LogP contribution in [0.25, 0.3) is 16.7 Å². The van der Waals surface area contributed by atoms with Gasteiger partial charge in [0.1, 0.15) is 5.60 Å². The number of nitrogens with zero attached hydrogens (tertiary/aromatic N) is 3. The maximum absolute atomic E-state index is 12.0. The molecular weight excluding hydrogens is 396 g/mol. The first-order chi connectivity index (χ1) is 15.0. The third-order valence-corrected chi connectivity index (χ3v) is 6.94.